The van der Waals surface area contributed by atoms with Crippen LogP contribution in [0.25, 0.3) is 0 Å². The molecule has 2 N–H and O–H groups in total. The van der Waals surface area contributed by atoms with Crippen molar-refractivity contribution < 1.29 is 4.74 Å². The monoisotopic (exact) mass is 246 g/mol. The third-order valence-electron chi connectivity index (χ3n) is 3.17. The van der Waals surface area contributed by atoms with E-state index in [9.17, 15) is 0 Å². The van der Waals surface area contributed by atoms with Gasteiger partial charge in [0, 0.05) is 12.6 Å². The molecule has 2 heterocycles. The van der Waals surface area contributed by atoms with Gasteiger partial charge in [-0.1, -0.05) is 6.92 Å². The Hall–Kier alpha value is -1.64. The lowest BCUT2D eigenvalue weighted by molar-refractivity contribution is 0.0764. The highest BCUT2D eigenvalue weighted by molar-refractivity contribution is 5.45. The standard InChI is InChI=1S/C13H18N4O/c1-2-12(15)13-4-3-10(8-16-13)17-5-6-18-11(7-14)9-17/h3-4,8,11-12H,2,5-6,9,15H2,1H3. The molecule has 5 nitrogen and oxygen atoms in total. The first kappa shape index (κ1) is 12.8. The number of nitrogens with two attached hydrogens (primary N) is 1. The molecule has 5 heteroatoms. The zero-order valence-corrected chi connectivity index (χ0v) is 10.5. The summed E-state index contributed by atoms with van der Waals surface area (Å²) in [5, 5.41) is 8.87. The molecule has 1 saturated heterocycles. The van der Waals surface area contributed by atoms with E-state index in [0.717, 1.165) is 24.3 Å². The van der Waals surface area contributed by atoms with Crippen molar-refractivity contribution in [2.45, 2.75) is 25.5 Å². The molecule has 1 aromatic heterocycles. The molecule has 0 amide bonds. The fourth-order valence-corrected chi connectivity index (χ4v) is 1.97. The number of morpholine rings is 1. The van der Waals surface area contributed by atoms with Crippen molar-refractivity contribution in [3.8, 4) is 6.07 Å². The maximum Gasteiger partial charge on any atom is 0.161 e. The molecule has 0 spiro atoms. The van der Waals surface area contributed by atoms with E-state index in [0.29, 0.717) is 13.2 Å². The topological polar surface area (TPSA) is 75.2 Å². The third kappa shape index (κ3) is 2.78. The number of anilines is 1. The molecule has 0 aromatic carbocycles. The number of ether oxygens (including phenoxy) is 1. The van der Waals surface area contributed by atoms with Crippen molar-refractivity contribution in [1.82, 2.24) is 4.98 Å². The molecular weight excluding hydrogens is 228 g/mol. The van der Waals surface area contributed by atoms with Gasteiger partial charge in [0.25, 0.3) is 0 Å². The number of hydrogen-bond donors (Lipinski definition) is 1. The van der Waals surface area contributed by atoms with Gasteiger partial charge in [-0.2, -0.15) is 5.26 Å². The van der Waals surface area contributed by atoms with Crippen LogP contribution < -0.4 is 10.6 Å². The first-order valence-electron chi connectivity index (χ1n) is 6.22. The summed E-state index contributed by atoms with van der Waals surface area (Å²) in [7, 11) is 0. The van der Waals surface area contributed by atoms with Gasteiger partial charge in [0.05, 0.1) is 36.8 Å². The van der Waals surface area contributed by atoms with Crippen LogP contribution in [0.4, 0.5) is 5.69 Å². The van der Waals surface area contributed by atoms with Crippen LogP contribution in [0, 0.1) is 11.3 Å². The van der Waals surface area contributed by atoms with Crippen molar-refractivity contribution in [2.75, 3.05) is 24.6 Å². The van der Waals surface area contributed by atoms with E-state index in [1.165, 1.54) is 0 Å². The molecule has 0 saturated carbocycles. The predicted molar refractivity (Wildman–Crippen MR) is 69.0 cm³/mol. The van der Waals surface area contributed by atoms with Gasteiger partial charge in [-0.05, 0) is 18.6 Å². The first-order chi connectivity index (χ1) is 8.74. The molecule has 96 valence electrons. The average molecular weight is 246 g/mol. The van der Waals surface area contributed by atoms with Gasteiger partial charge in [0.15, 0.2) is 6.10 Å². The van der Waals surface area contributed by atoms with Crippen molar-refractivity contribution >= 4 is 5.69 Å². The molecule has 18 heavy (non-hydrogen) atoms. The summed E-state index contributed by atoms with van der Waals surface area (Å²) < 4.78 is 5.31. The van der Waals surface area contributed by atoms with Crippen LogP contribution in [0.1, 0.15) is 25.1 Å². The number of hydrogen-bond acceptors (Lipinski definition) is 5. The maximum atomic E-state index is 8.87. The molecule has 2 atom stereocenters. The molecule has 1 aliphatic heterocycles. The minimum absolute atomic E-state index is 0.00408. The Morgan fingerprint density at radius 2 is 2.50 bits per heavy atom. The van der Waals surface area contributed by atoms with Gasteiger partial charge in [-0.25, -0.2) is 0 Å². The second-order valence-electron chi connectivity index (χ2n) is 4.39. The van der Waals surface area contributed by atoms with Crippen LogP contribution in [-0.4, -0.2) is 30.8 Å². The number of rotatable bonds is 3. The number of nitrogens with zero attached hydrogens (tertiary/aromatic N) is 3. The Kier molecular flexibility index (Phi) is 4.13. The molecule has 1 aliphatic rings. The largest absolute Gasteiger partial charge is 0.364 e. The van der Waals surface area contributed by atoms with Gasteiger partial charge < -0.3 is 15.4 Å². The Morgan fingerprint density at radius 3 is 3.11 bits per heavy atom. The molecule has 0 aliphatic carbocycles. The summed E-state index contributed by atoms with van der Waals surface area (Å²) in [6.45, 7) is 4.00. The van der Waals surface area contributed by atoms with Crippen molar-refractivity contribution in [3.63, 3.8) is 0 Å². The summed E-state index contributed by atoms with van der Waals surface area (Å²) in [6.07, 6.45) is 2.35. The van der Waals surface area contributed by atoms with Crippen LogP contribution in [0.3, 0.4) is 0 Å². The molecule has 2 unspecified atom stereocenters. The van der Waals surface area contributed by atoms with Crippen LogP contribution >= 0.6 is 0 Å². The van der Waals surface area contributed by atoms with Crippen molar-refractivity contribution in [2.24, 2.45) is 5.73 Å². The minimum atomic E-state index is -0.351. The highest BCUT2D eigenvalue weighted by atomic mass is 16.5. The summed E-state index contributed by atoms with van der Waals surface area (Å²) in [4.78, 5) is 6.50. The molecule has 0 radical (unpaired) electrons. The summed E-state index contributed by atoms with van der Waals surface area (Å²) in [5.74, 6) is 0. The highest BCUT2D eigenvalue weighted by Crippen LogP contribution is 2.19. The van der Waals surface area contributed by atoms with Crippen molar-refractivity contribution in [3.05, 3.63) is 24.0 Å². The summed E-state index contributed by atoms with van der Waals surface area (Å²) in [5.41, 5.74) is 7.85. The number of pyridine rings is 1. The van der Waals surface area contributed by atoms with Gasteiger partial charge in [-0.3, -0.25) is 4.98 Å². The lowest BCUT2D eigenvalue weighted by Crippen LogP contribution is -2.41. The van der Waals surface area contributed by atoms with Crippen LogP contribution in [-0.2, 0) is 4.74 Å². The Balaban J connectivity index is 2.07. The van der Waals surface area contributed by atoms with Crippen LogP contribution in [0.2, 0.25) is 0 Å². The Morgan fingerprint density at radius 1 is 1.67 bits per heavy atom. The second kappa shape index (κ2) is 5.80. The third-order valence-corrected chi connectivity index (χ3v) is 3.17. The van der Waals surface area contributed by atoms with Gasteiger partial charge in [0.1, 0.15) is 0 Å². The fourth-order valence-electron chi connectivity index (χ4n) is 1.97. The van der Waals surface area contributed by atoms with E-state index in [-0.39, 0.29) is 12.1 Å². The second-order valence-corrected chi connectivity index (χ2v) is 4.39. The van der Waals surface area contributed by atoms with E-state index in [1.807, 2.05) is 25.3 Å². The van der Waals surface area contributed by atoms with E-state index in [1.54, 1.807) is 0 Å². The van der Waals surface area contributed by atoms with Gasteiger partial charge >= 0.3 is 0 Å². The zero-order valence-electron chi connectivity index (χ0n) is 10.5. The van der Waals surface area contributed by atoms with Gasteiger partial charge in [-0.15, -0.1) is 0 Å². The summed E-state index contributed by atoms with van der Waals surface area (Å²) >= 11 is 0. The van der Waals surface area contributed by atoms with E-state index < -0.39 is 0 Å². The van der Waals surface area contributed by atoms with E-state index in [4.69, 9.17) is 15.7 Å². The zero-order chi connectivity index (χ0) is 13.0. The van der Waals surface area contributed by atoms with E-state index in [2.05, 4.69) is 16.0 Å². The van der Waals surface area contributed by atoms with Crippen LogP contribution in [0.15, 0.2) is 18.3 Å². The predicted octanol–water partition coefficient (Wildman–Crippen LogP) is 1.22. The summed E-state index contributed by atoms with van der Waals surface area (Å²) in [6, 6.07) is 6.10. The molecule has 0 bridgehead atoms. The molecule has 1 aromatic rings. The smallest absolute Gasteiger partial charge is 0.161 e. The Labute approximate surface area is 107 Å². The maximum absolute atomic E-state index is 8.87. The lowest BCUT2D eigenvalue weighted by atomic mass is 10.1. The van der Waals surface area contributed by atoms with Gasteiger partial charge in [0.2, 0.25) is 0 Å². The lowest BCUT2D eigenvalue weighted by Gasteiger charge is -2.31. The number of nitriles is 1. The molecule has 2 rings (SSSR count). The molecule has 1 fully saturated rings. The minimum Gasteiger partial charge on any atom is -0.364 e. The fraction of sp³-hybridized carbons (Fsp3) is 0.538. The van der Waals surface area contributed by atoms with Crippen LogP contribution in [0.5, 0.6) is 0 Å². The van der Waals surface area contributed by atoms with E-state index >= 15 is 0 Å². The first-order valence-corrected chi connectivity index (χ1v) is 6.22. The highest BCUT2D eigenvalue weighted by Gasteiger charge is 2.20. The normalized spacial score (nSPS) is 21.4. The molecular formula is C13H18N4O. The SMILES string of the molecule is CCC(N)c1ccc(N2CCOC(C#N)C2)cn1. The Bertz CT molecular complexity index is 426. The quantitative estimate of drug-likeness (QED) is 0.868. The number of aromatic nitrogens is 1. The average Bonchev–Trinajstić information content (AvgIpc) is 2.46. The van der Waals surface area contributed by atoms with Crippen molar-refractivity contribution in [1.29, 1.82) is 5.26 Å².